The van der Waals surface area contributed by atoms with Gasteiger partial charge in [-0.05, 0) is 45.2 Å². The SMILES string of the molecule is CCCCCCNC(=NCC1CCN(CCOC)CC1)NCC.I. The molecule has 5 nitrogen and oxygen atoms in total. The predicted molar refractivity (Wildman–Crippen MR) is 115 cm³/mol. The molecule has 0 amide bonds. The minimum absolute atomic E-state index is 0. The molecule has 0 unspecified atom stereocenters. The second-order valence-electron chi connectivity index (χ2n) is 6.48. The lowest BCUT2D eigenvalue weighted by molar-refractivity contribution is 0.121. The Kier molecular flexibility index (Phi) is 16.3. The fourth-order valence-corrected chi connectivity index (χ4v) is 2.93. The average molecular weight is 454 g/mol. The Bertz CT molecular complexity index is 307. The molecule has 1 rings (SSSR count). The number of guanidine groups is 1. The molecule has 6 heteroatoms. The van der Waals surface area contributed by atoms with Crippen LogP contribution in [-0.4, -0.2) is 63.8 Å². The van der Waals surface area contributed by atoms with Crippen molar-refractivity contribution in [2.75, 3.05) is 53.0 Å². The average Bonchev–Trinajstić information content (AvgIpc) is 2.58. The summed E-state index contributed by atoms with van der Waals surface area (Å²) in [6.45, 7) is 11.6. The van der Waals surface area contributed by atoms with Crippen LogP contribution in [-0.2, 0) is 4.74 Å². The Morgan fingerprint density at radius 1 is 1.12 bits per heavy atom. The molecule has 0 bridgehead atoms. The van der Waals surface area contributed by atoms with Crippen molar-refractivity contribution in [3.05, 3.63) is 0 Å². The molecule has 1 aliphatic rings. The lowest BCUT2D eigenvalue weighted by Crippen LogP contribution is -2.39. The van der Waals surface area contributed by atoms with Gasteiger partial charge in [0.05, 0.1) is 6.61 Å². The predicted octanol–water partition coefficient (Wildman–Crippen LogP) is 3.10. The molecule has 0 aromatic heterocycles. The van der Waals surface area contributed by atoms with E-state index >= 15 is 0 Å². The summed E-state index contributed by atoms with van der Waals surface area (Å²) in [7, 11) is 1.78. The summed E-state index contributed by atoms with van der Waals surface area (Å²) in [5.41, 5.74) is 0. The van der Waals surface area contributed by atoms with Crippen LogP contribution in [0.4, 0.5) is 0 Å². The van der Waals surface area contributed by atoms with Crippen molar-refractivity contribution in [3.63, 3.8) is 0 Å². The smallest absolute Gasteiger partial charge is 0.191 e. The molecule has 24 heavy (non-hydrogen) atoms. The van der Waals surface area contributed by atoms with Crippen molar-refractivity contribution in [2.45, 2.75) is 52.4 Å². The van der Waals surface area contributed by atoms with Gasteiger partial charge in [0.25, 0.3) is 0 Å². The monoisotopic (exact) mass is 454 g/mol. The van der Waals surface area contributed by atoms with E-state index in [4.69, 9.17) is 9.73 Å². The molecule has 0 aromatic rings. The van der Waals surface area contributed by atoms with E-state index < -0.39 is 0 Å². The number of hydrogen-bond donors (Lipinski definition) is 2. The normalized spacial score (nSPS) is 16.7. The number of rotatable bonds is 11. The van der Waals surface area contributed by atoms with Crippen LogP contribution in [0.3, 0.4) is 0 Å². The Hall–Kier alpha value is -0.0800. The topological polar surface area (TPSA) is 48.9 Å². The van der Waals surface area contributed by atoms with Crippen LogP contribution in [0.1, 0.15) is 52.4 Å². The maximum absolute atomic E-state index is 5.16. The zero-order chi connectivity index (χ0) is 16.8. The highest BCUT2D eigenvalue weighted by Gasteiger charge is 2.18. The lowest BCUT2D eigenvalue weighted by atomic mass is 9.97. The molecule has 0 radical (unpaired) electrons. The summed E-state index contributed by atoms with van der Waals surface area (Å²) in [6.07, 6.45) is 7.67. The molecule has 0 spiro atoms. The first-order valence-electron chi connectivity index (χ1n) is 9.53. The van der Waals surface area contributed by atoms with E-state index in [0.29, 0.717) is 0 Å². The van der Waals surface area contributed by atoms with E-state index in [1.807, 2.05) is 0 Å². The fourth-order valence-electron chi connectivity index (χ4n) is 2.93. The number of ether oxygens (including phenoxy) is 1. The Labute approximate surface area is 166 Å². The number of unbranched alkanes of at least 4 members (excludes halogenated alkanes) is 3. The number of piperidine rings is 1. The Balaban J connectivity index is 0.00000529. The highest BCUT2D eigenvalue weighted by atomic mass is 127. The van der Waals surface area contributed by atoms with Crippen LogP contribution >= 0.6 is 24.0 Å². The molecule has 144 valence electrons. The van der Waals surface area contributed by atoms with Crippen molar-refractivity contribution in [1.82, 2.24) is 15.5 Å². The molecular weight excluding hydrogens is 415 g/mol. The van der Waals surface area contributed by atoms with Crippen molar-refractivity contribution in [3.8, 4) is 0 Å². The molecule has 1 saturated heterocycles. The van der Waals surface area contributed by atoms with E-state index in [1.165, 1.54) is 51.6 Å². The van der Waals surface area contributed by atoms with E-state index in [2.05, 4.69) is 29.4 Å². The van der Waals surface area contributed by atoms with Gasteiger partial charge >= 0.3 is 0 Å². The number of methoxy groups -OCH3 is 1. The van der Waals surface area contributed by atoms with E-state index in [9.17, 15) is 0 Å². The van der Waals surface area contributed by atoms with Crippen LogP contribution in [0.5, 0.6) is 0 Å². The van der Waals surface area contributed by atoms with Gasteiger partial charge in [-0.15, -0.1) is 24.0 Å². The number of hydrogen-bond acceptors (Lipinski definition) is 3. The summed E-state index contributed by atoms with van der Waals surface area (Å²) >= 11 is 0. The maximum Gasteiger partial charge on any atom is 0.191 e. The molecule has 1 fully saturated rings. The largest absolute Gasteiger partial charge is 0.383 e. The third-order valence-corrected chi connectivity index (χ3v) is 4.49. The Morgan fingerprint density at radius 2 is 1.88 bits per heavy atom. The quantitative estimate of drug-likeness (QED) is 0.218. The highest BCUT2D eigenvalue weighted by Crippen LogP contribution is 2.17. The molecule has 2 N–H and O–H groups in total. The van der Waals surface area contributed by atoms with Gasteiger partial charge in [-0.1, -0.05) is 26.2 Å². The molecular formula is C18H39IN4O. The summed E-state index contributed by atoms with van der Waals surface area (Å²) < 4.78 is 5.16. The molecule has 0 atom stereocenters. The van der Waals surface area contributed by atoms with Gasteiger partial charge in [0.1, 0.15) is 0 Å². The van der Waals surface area contributed by atoms with Crippen molar-refractivity contribution in [1.29, 1.82) is 0 Å². The minimum Gasteiger partial charge on any atom is -0.383 e. The van der Waals surface area contributed by atoms with Crippen molar-refractivity contribution in [2.24, 2.45) is 10.9 Å². The molecule has 0 aromatic carbocycles. The van der Waals surface area contributed by atoms with Gasteiger partial charge in [-0.2, -0.15) is 0 Å². The van der Waals surface area contributed by atoms with E-state index in [1.54, 1.807) is 7.11 Å². The van der Waals surface area contributed by atoms with E-state index in [-0.39, 0.29) is 24.0 Å². The maximum atomic E-state index is 5.16. The lowest BCUT2D eigenvalue weighted by Gasteiger charge is -2.31. The number of halogens is 1. The van der Waals surface area contributed by atoms with Gasteiger partial charge in [0.15, 0.2) is 5.96 Å². The number of likely N-dealkylation sites (tertiary alicyclic amines) is 1. The summed E-state index contributed by atoms with van der Waals surface area (Å²) in [5.74, 6) is 1.72. The van der Waals surface area contributed by atoms with Crippen molar-refractivity contribution >= 4 is 29.9 Å². The fraction of sp³-hybridized carbons (Fsp3) is 0.944. The van der Waals surface area contributed by atoms with Gasteiger partial charge < -0.3 is 20.3 Å². The van der Waals surface area contributed by atoms with Gasteiger partial charge in [-0.25, -0.2) is 0 Å². The first kappa shape index (κ1) is 23.9. The molecule has 1 aliphatic heterocycles. The van der Waals surface area contributed by atoms with Crippen LogP contribution in [0.15, 0.2) is 4.99 Å². The summed E-state index contributed by atoms with van der Waals surface area (Å²) in [6, 6.07) is 0. The van der Waals surface area contributed by atoms with Gasteiger partial charge in [0.2, 0.25) is 0 Å². The molecule has 0 aliphatic carbocycles. The first-order valence-corrected chi connectivity index (χ1v) is 9.53. The third kappa shape index (κ3) is 11.5. The highest BCUT2D eigenvalue weighted by molar-refractivity contribution is 14.0. The van der Waals surface area contributed by atoms with Crippen LogP contribution in [0.25, 0.3) is 0 Å². The van der Waals surface area contributed by atoms with E-state index in [0.717, 1.165) is 44.7 Å². The van der Waals surface area contributed by atoms with Crippen LogP contribution in [0.2, 0.25) is 0 Å². The number of nitrogens with zero attached hydrogens (tertiary/aromatic N) is 2. The number of nitrogens with one attached hydrogen (secondary N) is 2. The van der Waals surface area contributed by atoms with Crippen molar-refractivity contribution < 1.29 is 4.74 Å². The summed E-state index contributed by atoms with van der Waals surface area (Å²) in [5, 5.41) is 6.83. The first-order chi connectivity index (χ1) is 11.3. The zero-order valence-electron chi connectivity index (χ0n) is 16.0. The Morgan fingerprint density at radius 3 is 2.50 bits per heavy atom. The minimum atomic E-state index is 0. The standard InChI is InChI=1S/C18H38N4O.HI/c1-4-6-7-8-11-20-18(19-5-2)21-16-17-9-12-22(13-10-17)14-15-23-3;/h17H,4-16H2,1-3H3,(H2,19,20,21);1H. The molecule has 1 heterocycles. The third-order valence-electron chi connectivity index (χ3n) is 4.49. The van der Waals surface area contributed by atoms with Gasteiger partial charge in [-0.3, -0.25) is 4.99 Å². The second-order valence-corrected chi connectivity index (χ2v) is 6.48. The van der Waals surface area contributed by atoms with Gasteiger partial charge in [0, 0.05) is 33.3 Å². The molecule has 0 saturated carbocycles. The summed E-state index contributed by atoms with van der Waals surface area (Å²) in [4.78, 5) is 7.29. The van der Waals surface area contributed by atoms with Crippen LogP contribution < -0.4 is 10.6 Å². The van der Waals surface area contributed by atoms with Crippen LogP contribution in [0, 0.1) is 5.92 Å². The zero-order valence-corrected chi connectivity index (χ0v) is 18.3. The number of aliphatic imine (C=N–C) groups is 1. The second kappa shape index (κ2) is 16.4.